The van der Waals surface area contributed by atoms with Crippen LogP contribution in [0.15, 0.2) is 30.6 Å². The van der Waals surface area contributed by atoms with Crippen LogP contribution in [0, 0.1) is 0 Å². The number of aromatic carboxylic acids is 1. The first-order valence-electron chi connectivity index (χ1n) is 12.1. The number of pyridine rings is 1. The van der Waals surface area contributed by atoms with Crippen molar-refractivity contribution >= 4 is 34.5 Å². The molecule has 186 valence electrons. The maximum Gasteiger partial charge on any atom is 0.352 e. The minimum Gasteiger partial charge on any atom is -0.477 e. The fourth-order valence-electron chi connectivity index (χ4n) is 5.07. The molecule has 1 atom stereocenters. The predicted octanol–water partition coefficient (Wildman–Crippen LogP) is 1.86. The predicted molar refractivity (Wildman–Crippen MR) is 131 cm³/mol. The number of fused-ring (bicyclic) bond motifs is 1. The number of anilines is 3. The fraction of sp³-hybridized carbons (Fsp3) is 0.500. The quantitative estimate of drug-likeness (QED) is 0.377. The Morgan fingerprint density at radius 1 is 1.11 bits per heavy atom. The van der Waals surface area contributed by atoms with Crippen molar-refractivity contribution in [1.82, 2.24) is 24.4 Å². The van der Waals surface area contributed by atoms with Crippen molar-refractivity contribution in [3.05, 3.63) is 36.3 Å². The third-order valence-corrected chi connectivity index (χ3v) is 6.89. The van der Waals surface area contributed by atoms with Crippen molar-refractivity contribution < 1.29 is 20.1 Å². The molecule has 2 aliphatic rings. The summed E-state index contributed by atoms with van der Waals surface area (Å²) in [5, 5.41) is 32.2. The molecule has 1 saturated heterocycles. The van der Waals surface area contributed by atoms with Crippen molar-refractivity contribution in [2.45, 2.75) is 37.8 Å². The molecule has 0 bridgehead atoms. The molecule has 1 saturated carbocycles. The maximum absolute atomic E-state index is 11.8. The number of aliphatic hydroxyl groups excluding tert-OH is 2. The van der Waals surface area contributed by atoms with Crippen molar-refractivity contribution in [1.29, 1.82) is 0 Å². The molecule has 11 heteroatoms. The van der Waals surface area contributed by atoms with E-state index in [0.29, 0.717) is 29.3 Å². The smallest absolute Gasteiger partial charge is 0.352 e. The number of carbonyl (C=O) groups is 1. The number of piperazine rings is 1. The number of carboxylic acids is 1. The summed E-state index contributed by atoms with van der Waals surface area (Å²) in [5.41, 5.74) is 1.90. The second kappa shape index (κ2) is 10.1. The molecule has 0 spiro atoms. The second-order valence-corrected chi connectivity index (χ2v) is 9.27. The van der Waals surface area contributed by atoms with Gasteiger partial charge in [-0.05, 0) is 31.0 Å². The molecular weight excluding hydrogens is 450 g/mol. The lowest BCUT2D eigenvalue weighted by Crippen LogP contribution is -2.49. The fourth-order valence-corrected chi connectivity index (χ4v) is 5.07. The number of aliphatic hydroxyl groups is 2. The number of carboxylic acid groups (broad SMARTS) is 1. The molecule has 5 rings (SSSR count). The summed E-state index contributed by atoms with van der Waals surface area (Å²) >= 11 is 0. The third-order valence-electron chi connectivity index (χ3n) is 6.89. The molecule has 3 aromatic heterocycles. The monoisotopic (exact) mass is 481 g/mol. The first kappa shape index (κ1) is 23.5. The average molecular weight is 482 g/mol. The van der Waals surface area contributed by atoms with Gasteiger partial charge in [-0.1, -0.05) is 12.8 Å². The number of hydrogen-bond acceptors (Lipinski definition) is 9. The van der Waals surface area contributed by atoms with Gasteiger partial charge in [-0.3, -0.25) is 4.90 Å². The van der Waals surface area contributed by atoms with E-state index in [-0.39, 0.29) is 18.3 Å². The summed E-state index contributed by atoms with van der Waals surface area (Å²) in [4.78, 5) is 29.8. The molecule has 4 N–H and O–H groups in total. The number of β-amino-alcohol motifs (C(OH)–C–C–N with tert-alkyl or cyclic N) is 1. The van der Waals surface area contributed by atoms with Gasteiger partial charge in [0.25, 0.3) is 0 Å². The second-order valence-electron chi connectivity index (χ2n) is 9.27. The first-order chi connectivity index (χ1) is 17.0. The molecule has 0 aromatic carbocycles. The molecule has 1 aliphatic carbocycles. The molecule has 3 aromatic rings. The molecule has 4 heterocycles. The molecule has 2 fully saturated rings. The van der Waals surface area contributed by atoms with Crippen molar-refractivity contribution in [2.75, 3.05) is 49.5 Å². The lowest BCUT2D eigenvalue weighted by atomic mass is 10.2. The van der Waals surface area contributed by atoms with Crippen LogP contribution in [0.1, 0.15) is 42.2 Å². The molecule has 0 amide bonds. The minimum absolute atomic E-state index is 0.145. The first-order valence-corrected chi connectivity index (χ1v) is 12.1. The highest BCUT2D eigenvalue weighted by Crippen LogP contribution is 2.34. The van der Waals surface area contributed by atoms with Crippen LogP contribution in [0.3, 0.4) is 0 Å². The number of nitrogens with one attached hydrogen (secondary N) is 1. The van der Waals surface area contributed by atoms with Crippen LogP contribution in [0.25, 0.3) is 11.0 Å². The van der Waals surface area contributed by atoms with Crippen molar-refractivity contribution in [2.24, 2.45) is 0 Å². The number of aromatic nitrogens is 4. The van der Waals surface area contributed by atoms with Crippen molar-refractivity contribution in [3.63, 3.8) is 0 Å². The van der Waals surface area contributed by atoms with E-state index in [4.69, 9.17) is 5.11 Å². The number of rotatable bonds is 8. The van der Waals surface area contributed by atoms with Gasteiger partial charge in [0.05, 0.1) is 24.6 Å². The maximum atomic E-state index is 11.8. The zero-order chi connectivity index (χ0) is 24.4. The zero-order valence-electron chi connectivity index (χ0n) is 19.5. The van der Waals surface area contributed by atoms with E-state index in [0.717, 1.165) is 57.5 Å². The highest BCUT2D eigenvalue weighted by atomic mass is 16.4. The molecular formula is C24H31N7O4. The molecule has 0 radical (unpaired) electrons. The van der Waals surface area contributed by atoms with Gasteiger partial charge >= 0.3 is 5.97 Å². The highest BCUT2D eigenvalue weighted by molar-refractivity contribution is 5.93. The van der Waals surface area contributed by atoms with Crippen LogP contribution >= 0.6 is 0 Å². The van der Waals surface area contributed by atoms with Gasteiger partial charge in [0.15, 0.2) is 0 Å². The standard InChI is InChI=1S/C24H31N7O4/c32-15-19(33)14-29-7-9-30(10-8-29)18-5-6-21(25-13-18)27-24-26-12-16-11-20(23(34)35)31(22(16)28-24)17-3-1-2-4-17/h5-6,11-13,17,19,32-33H,1-4,7-10,14-15H2,(H,34,35)(H,25,26,27,28). The Labute approximate surface area is 203 Å². The zero-order valence-corrected chi connectivity index (χ0v) is 19.5. The van der Waals surface area contributed by atoms with E-state index in [9.17, 15) is 15.0 Å². The Morgan fingerprint density at radius 3 is 2.54 bits per heavy atom. The van der Waals surface area contributed by atoms with Gasteiger partial charge in [-0.25, -0.2) is 14.8 Å². The number of nitrogens with zero attached hydrogens (tertiary/aromatic N) is 6. The summed E-state index contributed by atoms with van der Waals surface area (Å²) in [7, 11) is 0. The van der Waals surface area contributed by atoms with Crippen LogP contribution in [-0.4, -0.2) is 91.1 Å². The average Bonchev–Trinajstić information content (AvgIpc) is 3.52. The Balaban J connectivity index is 1.28. The number of hydrogen-bond donors (Lipinski definition) is 4. The summed E-state index contributed by atoms with van der Waals surface area (Å²) in [6, 6.07) is 5.67. The van der Waals surface area contributed by atoms with E-state index in [1.165, 1.54) is 0 Å². The van der Waals surface area contributed by atoms with Crippen LogP contribution in [-0.2, 0) is 0 Å². The molecule has 11 nitrogen and oxygen atoms in total. The van der Waals surface area contributed by atoms with Gasteiger partial charge in [0.1, 0.15) is 17.2 Å². The van der Waals surface area contributed by atoms with Crippen LogP contribution in [0.5, 0.6) is 0 Å². The van der Waals surface area contributed by atoms with Crippen LogP contribution < -0.4 is 10.2 Å². The SMILES string of the molecule is O=C(O)c1cc2cnc(Nc3ccc(N4CCN(CC(O)CO)CC4)cn3)nc2n1C1CCCC1. The van der Waals surface area contributed by atoms with Gasteiger partial charge in [0, 0.05) is 50.3 Å². The largest absolute Gasteiger partial charge is 0.477 e. The van der Waals surface area contributed by atoms with Gasteiger partial charge < -0.3 is 30.1 Å². The molecule has 1 unspecified atom stereocenters. The van der Waals surface area contributed by atoms with Gasteiger partial charge in [-0.15, -0.1) is 0 Å². The van der Waals surface area contributed by atoms with Crippen LogP contribution in [0.2, 0.25) is 0 Å². The van der Waals surface area contributed by atoms with E-state index in [1.807, 2.05) is 22.9 Å². The minimum atomic E-state index is -0.952. The van der Waals surface area contributed by atoms with Crippen LogP contribution in [0.4, 0.5) is 17.5 Å². The van der Waals surface area contributed by atoms with E-state index in [1.54, 1.807) is 12.3 Å². The van der Waals surface area contributed by atoms with Gasteiger partial charge in [-0.2, -0.15) is 4.98 Å². The Kier molecular flexibility index (Phi) is 6.80. The van der Waals surface area contributed by atoms with E-state index < -0.39 is 12.1 Å². The Bertz CT molecular complexity index is 1170. The Hall–Kier alpha value is -3.28. The normalized spacial score (nSPS) is 18.3. The topological polar surface area (TPSA) is 140 Å². The third kappa shape index (κ3) is 5.07. The summed E-state index contributed by atoms with van der Waals surface area (Å²) in [5.74, 6) is 0.0328. The van der Waals surface area contributed by atoms with E-state index in [2.05, 4.69) is 30.1 Å². The lowest BCUT2D eigenvalue weighted by molar-refractivity contribution is 0.0575. The van der Waals surface area contributed by atoms with E-state index >= 15 is 0 Å². The summed E-state index contributed by atoms with van der Waals surface area (Å²) in [6.45, 7) is 3.51. The molecule has 1 aliphatic heterocycles. The summed E-state index contributed by atoms with van der Waals surface area (Å²) < 4.78 is 1.85. The lowest BCUT2D eigenvalue weighted by Gasteiger charge is -2.36. The van der Waals surface area contributed by atoms with Gasteiger partial charge in [0.2, 0.25) is 5.95 Å². The Morgan fingerprint density at radius 2 is 1.89 bits per heavy atom. The highest BCUT2D eigenvalue weighted by Gasteiger charge is 2.25. The summed E-state index contributed by atoms with van der Waals surface area (Å²) in [6.07, 6.45) is 6.86. The molecule has 35 heavy (non-hydrogen) atoms. The van der Waals surface area contributed by atoms with Crippen molar-refractivity contribution in [3.8, 4) is 0 Å².